The molecule has 0 saturated carbocycles. The summed E-state index contributed by atoms with van der Waals surface area (Å²) in [5.74, 6) is 0.616. The quantitative estimate of drug-likeness (QED) is 0.613. The molecule has 0 aliphatic heterocycles. The summed E-state index contributed by atoms with van der Waals surface area (Å²) in [6, 6.07) is 3.36. The van der Waals surface area contributed by atoms with E-state index in [0.29, 0.717) is 18.7 Å². The second-order valence-electron chi connectivity index (χ2n) is 3.84. The van der Waals surface area contributed by atoms with Crippen molar-refractivity contribution >= 4 is 21.6 Å². The molecule has 1 N–H and O–H groups in total. The van der Waals surface area contributed by atoms with Crippen molar-refractivity contribution in [2.24, 2.45) is 0 Å². The Kier molecular flexibility index (Phi) is 5.88. The van der Waals surface area contributed by atoms with Crippen molar-refractivity contribution in [2.75, 3.05) is 11.6 Å². The highest BCUT2D eigenvalue weighted by atomic mass is 35.5. The third kappa shape index (κ3) is 5.48. The number of hydrogen-bond donors (Lipinski definition) is 1. The molecular formula is C11H17ClN2O2S. The first-order valence-electron chi connectivity index (χ1n) is 5.51. The molecule has 0 fully saturated rings. The molecule has 1 heterocycles. The molecule has 1 atom stereocenters. The molecule has 0 aromatic carbocycles. The second-order valence-corrected chi connectivity index (χ2v) is 6.09. The van der Waals surface area contributed by atoms with Gasteiger partial charge in [-0.1, -0.05) is 0 Å². The van der Waals surface area contributed by atoms with Gasteiger partial charge in [0.05, 0.1) is 5.75 Å². The average molecular weight is 277 g/mol. The zero-order chi connectivity index (χ0) is 12.7. The summed E-state index contributed by atoms with van der Waals surface area (Å²) >= 11 is 5.51. The molecule has 1 aromatic rings. The Hall–Kier alpha value is -0.650. The SMILES string of the molecule is CC(NS(=O)(=O)CCCCCl)c1ccncc1. The maximum Gasteiger partial charge on any atom is 0.212 e. The van der Waals surface area contributed by atoms with Crippen LogP contribution in [0.15, 0.2) is 24.5 Å². The first kappa shape index (κ1) is 14.4. The fourth-order valence-electron chi connectivity index (χ4n) is 1.43. The first-order chi connectivity index (χ1) is 8.05. The molecule has 0 saturated heterocycles. The molecular weight excluding hydrogens is 260 g/mol. The summed E-state index contributed by atoms with van der Waals surface area (Å²) in [6.45, 7) is 1.81. The number of aromatic nitrogens is 1. The minimum Gasteiger partial charge on any atom is -0.265 e. The van der Waals surface area contributed by atoms with Crippen LogP contribution in [0.25, 0.3) is 0 Å². The number of pyridine rings is 1. The normalized spacial score (nSPS) is 13.5. The highest BCUT2D eigenvalue weighted by Crippen LogP contribution is 2.12. The highest BCUT2D eigenvalue weighted by Gasteiger charge is 2.14. The lowest BCUT2D eigenvalue weighted by atomic mass is 10.1. The number of nitrogens with zero attached hydrogens (tertiary/aromatic N) is 1. The standard InChI is InChI=1S/C11H17ClN2O2S/c1-10(11-4-7-13-8-5-11)14-17(15,16)9-3-2-6-12/h4-5,7-8,10,14H,2-3,6,9H2,1H3. The van der Waals surface area contributed by atoms with Gasteiger partial charge in [-0.2, -0.15) is 0 Å². The summed E-state index contributed by atoms with van der Waals surface area (Å²) in [6.07, 6.45) is 4.59. The Bertz CT molecular complexity index is 422. The lowest BCUT2D eigenvalue weighted by Gasteiger charge is -2.14. The topological polar surface area (TPSA) is 59.1 Å². The van der Waals surface area contributed by atoms with Crippen LogP contribution in [-0.2, 0) is 10.0 Å². The number of halogens is 1. The summed E-state index contributed by atoms with van der Waals surface area (Å²) < 4.78 is 26.1. The van der Waals surface area contributed by atoms with E-state index in [4.69, 9.17) is 11.6 Å². The fraction of sp³-hybridized carbons (Fsp3) is 0.545. The van der Waals surface area contributed by atoms with Gasteiger partial charge in [-0.05, 0) is 37.5 Å². The molecule has 1 aromatic heterocycles. The predicted octanol–water partition coefficient (Wildman–Crippen LogP) is 2.08. The Morgan fingerprint density at radius 3 is 2.59 bits per heavy atom. The minimum atomic E-state index is -3.23. The number of sulfonamides is 1. The Balaban J connectivity index is 2.53. The number of unbranched alkanes of at least 4 members (excludes halogenated alkanes) is 1. The van der Waals surface area contributed by atoms with E-state index in [1.807, 2.05) is 6.92 Å². The monoisotopic (exact) mass is 276 g/mol. The largest absolute Gasteiger partial charge is 0.265 e. The van der Waals surface area contributed by atoms with Gasteiger partial charge in [0.2, 0.25) is 10.0 Å². The predicted molar refractivity (Wildman–Crippen MR) is 69.5 cm³/mol. The molecule has 0 aliphatic carbocycles. The number of alkyl halides is 1. The van der Waals surface area contributed by atoms with Crippen molar-refractivity contribution in [3.63, 3.8) is 0 Å². The van der Waals surface area contributed by atoms with Crippen molar-refractivity contribution in [1.29, 1.82) is 0 Å². The van der Waals surface area contributed by atoms with Crippen LogP contribution in [0.5, 0.6) is 0 Å². The van der Waals surface area contributed by atoms with Crippen molar-refractivity contribution in [2.45, 2.75) is 25.8 Å². The van der Waals surface area contributed by atoms with Crippen molar-refractivity contribution in [3.05, 3.63) is 30.1 Å². The number of hydrogen-bond acceptors (Lipinski definition) is 3. The highest BCUT2D eigenvalue weighted by molar-refractivity contribution is 7.89. The molecule has 0 bridgehead atoms. The number of nitrogens with one attached hydrogen (secondary N) is 1. The van der Waals surface area contributed by atoms with E-state index >= 15 is 0 Å². The van der Waals surface area contributed by atoms with Crippen LogP contribution in [0, 0.1) is 0 Å². The molecule has 0 radical (unpaired) electrons. The van der Waals surface area contributed by atoms with E-state index in [0.717, 1.165) is 5.56 Å². The van der Waals surface area contributed by atoms with E-state index < -0.39 is 10.0 Å². The van der Waals surface area contributed by atoms with Crippen LogP contribution in [-0.4, -0.2) is 25.0 Å². The molecule has 96 valence electrons. The summed E-state index contributed by atoms with van der Waals surface area (Å²) in [5, 5.41) is 0. The average Bonchev–Trinajstić information content (AvgIpc) is 2.30. The van der Waals surface area contributed by atoms with Crippen LogP contribution < -0.4 is 4.72 Å². The summed E-state index contributed by atoms with van der Waals surface area (Å²) in [5.41, 5.74) is 0.904. The molecule has 1 rings (SSSR count). The Morgan fingerprint density at radius 1 is 1.35 bits per heavy atom. The zero-order valence-corrected chi connectivity index (χ0v) is 11.3. The first-order valence-corrected chi connectivity index (χ1v) is 7.70. The van der Waals surface area contributed by atoms with Crippen LogP contribution in [0.1, 0.15) is 31.4 Å². The third-order valence-corrected chi connectivity index (χ3v) is 4.17. The Morgan fingerprint density at radius 2 is 2.00 bits per heavy atom. The van der Waals surface area contributed by atoms with E-state index in [9.17, 15) is 8.42 Å². The van der Waals surface area contributed by atoms with E-state index in [2.05, 4.69) is 9.71 Å². The van der Waals surface area contributed by atoms with Crippen molar-refractivity contribution < 1.29 is 8.42 Å². The zero-order valence-electron chi connectivity index (χ0n) is 9.77. The molecule has 1 unspecified atom stereocenters. The lowest BCUT2D eigenvalue weighted by Crippen LogP contribution is -2.29. The van der Waals surface area contributed by atoms with Gasteiger partial charge in [0.25, 0.3) is 0 Å². The maximum absolute atomic E-state index is 11.7. The second kappa shape index (κ2) is 6.93. The maximum atomic E-state index is 11.7. The van der Waals surface area contributed by atoms with Crippen LogP contribution in [0.4, 0.5) is 0 Å². The molecule has 17 heavy (non-hydrogen) atoms. The van der Waals surface area contributed by atoms with Gasteiger partial charge in [0, 0.05) is 24.3 Å². The summed E-state index contributed by atoms with van der Waals surface area (Å²) in [7, 11) is -3.23. The number of rotatable bonds is 7. The lowest BCUT2D eigenvalue weighted by molar-refractivity contribution is 0.564. The smallest absolute Gasteiger partial charge is 0.212 e. The van der Waals surface area contributed by atoms with Gasteiger partial charge >= 0.3 is 0 Å². The van der Waals surface area contributed by atoms with Gasteiger partial charge in [-0.3, -0.25) is 4.98 Å². The van der Waals surface area contributed by atoms with E-state index in [1.165, 1.54) is 0 Å². The molecule has 0 spiro atoms. The molecule has 0 amide bonds. The Labute approximate surface area is 107 Å². The van der Waals surface area contributed by atoms with E-state index in [-0.39, 0.29) is 11.8 Å². The van der Waals surface area contributed by atoms with Gasteiger partial charge in [-0.25, -0.2) is 13.1 Å². The van der Waals surface area contributed by atoms with E-state index in [1.54, 1.807) is 24.5 Å². The molecule has 0 aliphatic rings. The fourth-order valence-corrected chi connectivity index (χ4v) is 3.00. The van der Waals surface area contributed by atoms with Gasteiger partial charge in [0.1, 0.15) is 0 Å². The van der Waals surface area contributed by atoms with Gasteiger partial charge < -0.3 is 0 Å². The molecule has 6 heteroatoms. The van der Waals surface area contributed by atoms with Gasteiger partial charge in [0.15, 0.2) is 0 Å². The van der Waals surface area contributed by atoms with Crippen molar-refractivity contribution in [1.82, 2.24) is 9.71 Å². The van der Waals surface area contributed by atoms with Gasteiger partial charge in [-0.15, -0.1) is 11.6 Å². The third-order valence-electron chi connectivity index (χ3n) is 2.36. The van der Waals surface area contributed by atoms with Crippen LogP contribution in [0.3, 0.4) is 0 Å². The van der Waals surface area contributed by atoms with Crippen molar-refractivity contribution in [3.8, 4) is 0 Å². The van der Waals surface area contributed by atoms with Crippen LogP contribution in [0.2, 0.25) is 0 Å². The molecule has 4 nitrogen and oxygen atoms in total. The minimum absolute atomic E-state index is 0.120. The van der Waals surface area contributed by atoms with Crippen LogP contribution >= 0.6 is 11.6 Å². The summed E-state index contributed by atoms with van der Waals surface area (Å²) in [4.78, 5) is 3.89.